The van der Waals surface area contributed by atoms with Gasteiger partial charge in [0.15, 0.2) is 0 Å². The first-order valence-corrected chi connectivity index (χ1v) is 2.82. The summed E-state index contributed by atoms with van der Waals surface area (Å²) < 4.78 is 4.60. The van der Waals surface area contributed by atoms with Crippen LogP contribution in [0.1, 0.15) is 6.92 Å². The van der Waals surface area contributed by atoms with Crippen LogP contribution in [-0.2, 0) is 14.4 Å². The number of carbonyl (C=O) groups excluding carboxylic acids is 1. The summed E-state index contributed by atoms with van der Waals surface area (Å²) in [6.45, 7) is 5.34. The summed E-state index contributed by atoms with van der Waals surface area (Å²) in [5, 5.41) is 0. The van der Waals surface area contributed by atoms with Gasteiger partial charge >= 0.3 is 5.97 Å². The maximum Gasteiger partial charge on any atom is 0.333 e. The normalized spacial score (nSPS) is 8.18. The Hall–Kier alpha value is -0.580. The molecule has 0 aromatic rings. The fourth-order valence-electron chi connectivity index (χ4n) is 0.306. The second-order valence-corrected chi connectivity index (χ2v) is 1.79. The van der Waals surface area contributed by atoms with E-state index >= 15 is 0 Å². The molecule has 0 saturated carbocycles. The second-order valence-electron chi connectivity index (χ2n) is 1.79. The van der Waals surface area contributed by atoms with Gasteiger partial charge in [0.25, 0.3) is 0 Å². The molecule has 0 bridgehead atoms. The zero-order valence-corrected chi connectivity index (χ0v) is 7.15. The standard InChI is InChI=1S/C6H11NO3.ClH/c1-5(2)6(8)9-3-4-10-7;/h1,3-4,7H2,2H3;1H. The highest BCUT2D eigenvalue weighted by atomic mass is 35.5. The Morgan fingerprint density at radius 3 is 2.45 bits per heavy atom. The van der Waals surface area contributed by atoms with E-state index in [0.717, 1.165) is 0 Å². The highest BCUT2D eigenvalue weighted by Crippen LogP contribution is 1.90. The number of esters is 1. The number of carbonyl (C=O) groups is 1. The number of hydrogen-bond donors (Lipinski definition) is 1. The van der Waals surface area contributed by atoms with Crippen LogP contribution in [0.15, 0.2) is 12.2 Å². The van der Waals surface area contributed by atoms with Gasteiger partial charge in [0, 0.05) is 5.57 Å². The molecule has 0 aliphatic rings. The molecule has 0 spiro atoms. The molecular weight excluding hydrogens is 170 g/mol. The van der Waals surface area contributed by atoms with E-state index in [-0.39, 0.29) is 25.6 Å². The third-order valence-corrected chi connectivity index (χ3v) is 0.783. The van der Waals surface area contributed by atoms with Crippen LogP contribution < -0.4 is 5.90 Å². The summed E-state index contributed by atoms with van der Waals surface area (Å²) in [7, 11) is 0. The van der Waals surface area contributed by atoms with Gasteiger partial charge in [-0.1, -0.05) is 6.58 Å². The van der Waals surface area contributed by atoms with Crippen molar-refractivity contribution in [3.63, 3.8) is 0 Å². The van der Waals surface area contributed by atoms with Gasteiger partial charge in [-0.05, 0) is 6.92 Å². The summed E-state index contributed by atoms with van der Waals surface area (Å²) in [4.78, 5) is 14.8. The summed E-state index contributed by atoms with van der Waals surface area (Å²) in [5.74, 6) is 4.26. The fourth-order valence-corrected chi connectivity index (χ4v) is 0.306. The lowest BCUT2D eigenvalue weighted by molar-refractivity contribution is -0.140. The largest absolute Gasteiger partial charge is 0.460 e. The van der Waals surface area contributed by atoms with Crippen molar-refractivity contribution in [3.05, 3.63) is 12.2 Å². The third kappa shape index (κ3) is 7.32. The van der Waals surface area contributed by atoms with E-state index in [2.05, 4.69) is 22.1 Å². The molecule has 0 rings (SSSR count). The zero-order chi connectivity index (χ0) is 7.98. The molecule has 0 fully saturated rings. The lowest BCUT2D eigenvalue weighted by Crippen LogP contribution is -2.12. The molecule has 0 aliphatic carbocycles. The Bertz CT molecular complexity index is 138. The molecule has 0 unspecified atom stereocenters. The summed E-state index contributed by atoms with van der Waals surface area (Å²) in [6.07, 6.45) is 0. The van der Waals surface area contributed by atoms with Gasteiger partial charge < -0.3 is 9.57 Å². The van der Waals surface area contributed by atoms with Crippen molar-refractivity contribution < 1.29 is 14.4 Å². The van der Waals surface area contributed by atoms with Gasteiger partial charge in [-0.25, -0.2) is 10.7 Å². The molecule has 2 N–H and O–H groups in total. The van der Waals surface area contributed by atoms with Crippen molar-refractivity contribution in [2.24, 2.45) is 5.90 Å². The van der Waals surface area contributed by atoms with Crippen LogP contribution in [0.5, 0.6) is 0 Å². The monoisotopic (exact) mass is 181 g/mol. The quantitative estimate of drug-likeness (QED) is 0.296. The van der Waals surface area contributed by atoms with Crippen LogP contribution in [0.25, 0.3) is 0 Å². The number of rotatable bonds is 4. The number of ether oxygens (including phenoxy) is 1. The molecule has 0 aliphatic heterocycles. The molecule has 11 heavy (non-hydrogen) atoms. The zero-order valence-electron chi connectivity index (χ0n) is 6.33. The van der Waals surface area contributed by atoms with Crippen LogP contribution in [0.4, 0.5) is 0 Å². The molecule has 0 heterocycles. The van der Waals surface area contributed by atoms with Crippen LogP contribution >= 0.6 is 12.4 Å². The molecule has 0 aromatic carbocycles. The molecule has 66 valence electrons. The van der Waals surface area contributed by atoms with E-state index in [4.69, 9.17) is 0 Å². The predicted octanol–water partition coefficient (Wildman–Crippen LogP) is 0.418. The molecule has 0 aromatic heterocycles. The minimum atomic E-state index is -0.419. The van der Waals surface area contributed by atoms with Crippen molar-refractivity contribution in [1.82, 2.24) is 0 Å². The van der Waals surface area contributed by atoms with E-state index in [1.807, 2.05) is 0 Å². The van der Waals surface area contributed by atoms with Gasteiger partial charge in [0.1, 0.15) is 13.2 Å². The first kappa shape index (κ1) is 13.0. The minimum absolute atomic E-state index is 0. The molecule has 0 saturated heterocycles. The smallest absolute Gasteiger partial charge is 0.333 e. The Morgan fingerprint density at radius 2 is 2.09 bits per heavy atom. The first-order valence-electron chi connectivity index (χ1n) is 2.82. The summed E-state index contributed by atoms with van der Waals surface area (Å²) >= 11 is 0. The highest BCUT2D eigenvalue weighted by Gasteiger charge is 2.00. The molecule has 0 amide bonds. The average molecular weight is 182 g/mol. The molecule has 5 heteroatoms. The maximum atomic E-state index is 10.6. The van der Waals surface area contributed by atoms with Crippen molar-refractivity contribution in [2.45, 2.75) is 6.92 Å². The second kappa shape index (κ2) is 7.53. The van der Waals surface area contributed by atoms with E-state index in [1.165, 1.54) is 0 Å². The predicted molar refractivity (Wildman–Crippen MR) is 43.2 cm³/mol. The molecule has 4 nitrogen and oxygen atoms in total. The average Bonchev–Trinajstić information content (AvgIpc) is 1.88. The highest BCUT2D eigenvalue weighted by molar-refractivity contribution is 5.86. The van der Waals surface area contributed by atoms with E-state index in [1.54, 1.807) is 6.92 Å². The summed E-state index contributed by atoms with van der Waals surface area (Å²) in [5.41, 5.74) is 0.372. The SMILES string of the molecule is C=C(C)C(=O)OCCON.Cl. The topological polar surface area (TPSA) is 61.5 Å². The first-order chi connectivity index (χ1) is 4.68. The molecular formula is C6H12ClNO3. The van der Waals surface area contributed by atoms with Gasteiger partial charge in [0.2, 0.25) is 0 Å². The van der Waals surface area contributed by atoms with Gasteiger partial charge in [-0.3, -0.25) is 0 Å². The summed E-state index contributed by atoms with van der Waals surface area (Å²) in [6, 6.07) is 0. The Kier molecular flexibility index (Phi) is 8.92. The van der Waals surface area contributed by atoms with Crippen LogP contribution in [-0.4, -0.2) is 19.2 Å². The third-order valence-electron chi connectivity index (χ3n) is 0.783. The number of halogens is 1. The van der Waals surface area contributed by atoms with Gasteiger partial charge in [0.05, 0.1) is 0 Å². The van der Waals surface area contributed by atoms with E-state index in [0.29, 0.717) is 5.57 Å². The number of nitrogens with two attached hydrogens (primary N) is 1. The van der Waals surface area contributed by atoms with E-state index in [9.17, 15) is 4.79 Å². The van der Waals surface area contributed by atoms with Gasteiger partial charge in [-0.15, -0.1) is 12.4 Å². The van der Waals surface area contributed by atoms with Crippen molar-refractivity contribution in [2.75, 3.05) is 13.2 Å². The lowest BCUT2D eigenvalue weighted by atomic mass is 10.4. The molecule has 0 radical (unpaired) electrons. The van der Waals surface area contributed by atoms with Crippen LogP contribution in [0, 0.1) is 0 Å². The van der Waals surface area contributed by atoms with Gasteiger partial charge in [-0.2, -0.15) is 0 Å². The Morgan fingerprint density at radius 1 is 1.55 bits per heavy atom. The lowest BCUT2D eigenvalue weighted by Gasteiger charge is -2.01. The Labute approximate surface area is 71.7 Å². The van der Waals surface area contributed by atoms with Crippen molar-refractivity contribution >= 4 is 18.4 Å². The minimum Gasteiger partial charge on any atom is -0.460 e. The van der Waals surface area contributed by atoms with Crippen molar-refractivity contribution in [1.29, 1.82) is 0 Å². The van der Waals surface area contributed by atoms with Crippen LogP contribution in [0.3, 0.4) is 0 Å². The maximum absolute atomic E-state index is 10.6. The fraction of sp³-hybridized carbons (Fsp3) is 0.500. The Balaban J connectivity index is 0. The van der Waals surface area contributed by atoms with E-state index < -0.39 is 5.97 Å². The number of hydrogen-bond acceptors (Lipinski definition) is 4. The molecule has 0 atom stereocenters. The van der Waals surface area contributed by atoms with Crippen LogP contribution in [0.2, 0.25) is 0 Å². The van der Waals surface area contributed by atoms with Crippen molar-refractivity contribution in [3.8, 4) is 0 Å².